The first-order valence-corrected chi connectivity index (χ1v) is 5.77. The highest BCUT2D eigenvalue weighted by atomic mass is 16.3. The molecule has 2 heteroatoms. The topological polar surface area (TPSA) is 23.5 Å². The van der Waals surface area contributed by atoms with Gasteiger partial charge in [-0.15, -0.1) is 0 Å². The third kappa shape index (κ3) is 1.40. The molecule has 1 heterocycles. The molecule has 0 aromatic carbocycles. The van der Waals surface area contributed by atoms with E-state index in [2.05, 4.69) is 4.90 Å². The van der Waals surface area contributed by atoms with Gasteiger partial charge in [0.15, 0.2) is 0 Å². The third-order valence-corrected chi connectivity index (χ3v) is 4.05. The fraction of sp³-hybridized carbons (Fsp3) is 1.00. The van der Waals surface area contributed by atoms with Gasteiger partial charge in [0.05, 0.1) is 0 Å². The molecule has 0 aromatic heterocycles. The van der Waals surface area contributed by atoms with E-state index in [0.717, 1.165) is 18.0 Å². The maximum absolute atomic E-state index is 9.05. The fourth-order valence-electron chi connectivity index (χ4n) is 3.05. The Bertz CT molecular complexity index is 202. The van der Waals surface area contributed by atoms with E-state index in [-0.39, 0.29) is 0 Å². The SMILES string of the molecule is OCC1CC1N1CCCC1C1CC1. The Kier molecular flexibility index (Phi) is 1.88. The first-order chi connectivity index (χ1) is 6.40. The summed E-state index contributed by atoms with van der Waals surface area (Å²) < 4.78 is 0. The van der Waals surface area contributed by atoms with Crippen LogP contribution in [0.15, 0.2) is 0 Å². The van der Waals surface area contributed by atoms with Crippen LogP contribution < -0.4 is 0 Å². The van der Waals surface area contributed by atoms with Gasteiger partial charge in [-0.2, -0.15) is 0 Å². The minimum atomic E-state index is 0.415. The second-order valence-corrected chi connectivity index (χ2v) is 5.03. The second-order valence-electron chi connectivity index (χ2n) is 5.03. The molecule has 3 unspecified atom stereocenters. The Morgan fingerprint density at radius 3 is 2.62 bits per heavy atom. The molecule has 2 nitrogen and oxygen atoms in total. The van der Waals surface area contributed by atoms with Crippen LogP contribution in [0.25, 0.3) is 0 Å². The molecular formula is C11H19NO. The highest BCUT2D eigenvalue weighted by Gasteiger charge is 2.48. The van der Waals surface area contributed by atoms with Crippen molar-refractivity contribution in [3.05, 3.63) is 0 Å². The molecule has 13 heavy (non-hydrogen) atoms. The summed E-state index contributed by atoms with van der Waals surface area (Å²) >= 11 is 0. The molecule has 0 radical (unpaired) electrons. The quantitative estimate of drug-likeness (QED) is 0.708. The molecule has 3 rings (SSSR count). The van der Waals surface area contributed by atoms with E-state index < -0.39 is 0 Å². The lowest BCUT2D eigenvalue weighted by molar-refractivity contribution is 0.190. The number of rotatable bonds is 3. The van der Waals surface area contributed by atoms with Crippen LogP contribution in [0.3, 0.4) is 0 Å². The lowest BCUT2D eigenvalue weighted by Crippen LogP contribution is -2.34. The first kappa shape index (κ1) is 8.25. The Balaban J connectivity index is 1.62. The highest BCUT2D eigenvalue weighted by Crippen LogP contribution is 2.46. The Hall–Kier alpha value is -0.0800. The van der Waals surface area contributed by atoms with Crippen LogP contribution >= 0.6 is 0 Å². The summed E-state index contributed by atoms with van der Waals surface area (Å²) in [5.74, 6) is 1.65. The van der Waals surface area contributed by atoms with Crippen LogP contribution in [0.2, 0.25) is 0 Å². The van der Waals surface area contributed by atoms with Crippen molar-refractivity contribution in [2.24, 2.45) is 11.8 Å². The van der Waals surface area contributed by atoms with Crippen LogP contribution in [0.5, 0.6) is 0 Å². The number of aliphatic hydroxyl groups is 1. The summed E-state index contributed by atoms with van der Waals surface area (Å²) in [7, 11) is 0. The molecule has 0 amide bonds. The molecule has 74 valence electrons. The van der Waals surface area contributed by atoms with E-state index in [1.165, 1.54) is 38.6 Å². The maximum atomic E-state index is 9.05. The largest absolute Gasteiger partial charge is 0.396 e. The average molecular weight is 181 g/mol. The third-order valence-electron chi connectivity index (χ3n) is 4.05. The molecule has 2 aliphatic carbocycles. The summed E-state index contributed by atoms with van der Waals surface area (Å²) in [6.07, 6.45) is 7.03. The maximum Gasteiger partial charge on any atom is 0.0474 e. The van der Waals surface area contributed by atoms with Gasteiger partial charge in [-0.1, -0.05) is 0 Å². The number of nitrogens with zero attached hydrogens (tertiary/aromatic N) is 1. The van der Waals surface area contributed by atoms with Gasteiger partial charge in [-0.05, 0) is 50.5 Å². The van der Waals surface area contributed by atoms with Crippen LogP contribution in [-0.4, -0.2) is 35.2 Å². The van der Waals surface area contributed by atoms with Gasteiger partial charge < -0.3 is 5.11 Å². The zero-order chi connectivity index (χ0) is 8.84. The lowest BCUT2D eigenvalue weighted by atomic mass is 10.1. The van der Waals surface area contributed by atoms with Crippen molar-refractivity contribution in [1.82, 2.24) is 4.90 Å². The number of hydrogen-bond acceptors (Lipinski definition) is 2. The van der Waals surface area contributed by atoms with E-state index in [1.54, 1.807) is 0 Å². The van der Waals surface area contributed by atoms with Crippen molar-refractivity contribution >= 4 is 0 Å². The van der Waals surface area contributed by atoms with Gasteiger partial charge in [0.25, 0.3) is 0 Å². The van der Waals surface area contributed by atoms with Crippen molar-refractivity contribution in [3.8, 4) is 0 Å². The van der Waals surface area contributed by atoms with Crippen molar-refractivity contribution in [2.75, 3.05) is 13.2 Å². The first-order valence-electron chi connectivity index (χ1n) is 5.77. The van der Waals surface area contributed by atoms with Crippen molar-refractivity contribution < 1.29 is 5.11 Å². The summed E-state index contributed by atoms with van der Waals surface area (Å²) in [5, 5.41) is 9.05. The van der Waals surface area contributed by atoms with Gasteiger partial charge in [-0.3, -0.25) is 4.90 Å². The molecular weight excluding hydrogens is 162 g/mol. The van der Waals surface area contributed by atoms with E-state index >= 15 is 0 Å². The average Bonchev–Trinajstić information content (AvgIpc) is 3.06. The van der Waals surface area contributed by atoms with E-state index in [9.17, 15) is 0 Å². The monoisotopic (exact) mass is 181 g/mol. The predicted octanol–water partition coefficient (Wildman–Crippen LogP) is 1.24. The van der Waals surface area contributed by atoms with Crippen molar-refractivity contribution in [2.45, 2.75) is 44.2 Å². The second kappa shape index (κ2) is 2.96. The number of likely N-dealkylation sites (tertiary alicyclic amines) is 1. The van der Waals surface area contributed by atoms with Crippen molar-refractivity contribution in [3.63, 3.8) is 0 Å². The normalized spacial score (nSPS) is 45.5. The molecule has 2 saturated carbocycles. The van der Waals surface area contributed by atoms with E-state index in [4.69, 9.17) is 5.11 Å². The molecule has 0 aromatic rings. The van der Waals surface area contributed by atoms with Crippen LogP contribution in [0.4, 0.5) is 0 Å². The molecule has 1 N–H and O–H groups in total. The molecule has 0 bridgehead atoms. The molecule has 1 saturated heterocycles. The molecule has 1 aliphatic heterocycles. The Labute approximate surface area is 79.9 Å². The van der Waals surface area contributed by atoms with Crippen LogP contribution in [0.1, 0.15) is 32.1 Å². The van der Waals surface area contributed by atoms with Gasteiger partial charge >= 0.3 is 0 Å². The van der Waals surface area contributed by atoms with Crippen LogP contribution in [0, 0.1) is 11.8 Å². The van der Waals surface area contributed by atoms with Gasteiger partial charge in [-0.25, -0.2) is 0 Å². The molecule has 3 atom stereocenters. The van der Waals surface area contributed by atoms with E-state index in [1.807, 2.05) is 0 Å². The summed E-state index contributed by atoms with van der Waals surface area (Å²) in [4.78, 5) is 2.71. The van der Waals surface area contributed by atoms with Gasteiger partial charge in [0.1, 0.15) is 0 Å². The zero-order valence-electron chi connectivity index (χ0n) is 8.15. The number of aliphatic hydroxyl groups excluding tert-OH is 1. The van der Waals surface area contributed by atoms with Gasteiger partial charge in [0, 0.05) is 18.7 Å². The zero-order valence-corrected chi connectivity index (χ0v) is 8.15. The summed E-state index contributed by atoms with van der Waals surface area (Å²) in [6.45, 7) is 1.72. The number of hydrogen-bond donors (Lipinski definition) is 1. The highest BCUT2D eigenvalue weighted by molar-refractivity contribution is 5.02. The molecule has 3 fully saturated rings. The van der Waals surface area contributed by atoms with Crippen molar-refractivity contribution in [1.29, 1.82) is 0 Å². The Morgan fingerprint density at radius 2 is 2.00 bits per heavy atom. The molecule has 3 aliphatic rings. The molecule has 0 spiro atoms. The smallest absolute Gasteiger partial charge is 0.0474 e. The lowest BCUT2D eigenvalue weighted by Gasteiger charge is -2.24. The fourth-order valence-corrected chi connectivity index (χ4v) is 3.05. The summed E-state index contributed by atoms with van der Waals surface area (Å²) in [5.41, 5.74) is 0. The van der Waals surface area contributed by atoms with E-state index in [0.29, 0.717) is 12.5 Å². The van der Waals surface area contributed by atoms with Gasteiger partial charge in [0.2, 0.25) is 0 Å². The van der Waals surface area contributed by atoms with Crippen LogP contribution in [-0.2, 0) is 0 Å². The minimum Gasteiger partial charge on any atom is -0.396 e. The standard InChI is InChI=1S/C11H19NO/c13-7-9-6-11(9)12-5-1-2-10(12)8-3-4-8/h8-11,13H,1-7H2. The minimum absolute atomic E-state index is 0.415. The Morgan fingerprint density at radius 1 is 1.15 bits per heavy atom. The summed E-state index contributed by atoms with van der Waals surface area (Å²) in [6, 6.07) is 1.67. The predicted molar refractivity (Wildman–Crippen MR) is 51.4 cm³/mol.